The average Bonchev–Trinajstić information content (AvgIpc) is 2.54. The number of rotatable bonds is 5. The van der Waals surface area contributed by atoms with Gasteiger partial charge in [0, 0.05) is 10.2 Å². The first-order valence-electron chi connectivity index (χ1n) is 8.02. The van der Waals surface area contributed by atoms with Crippen LogP contribution in [0.2, 0.25) is 0 Å². The van der Waals surface area contributed by atoms with Crippen molar-refractivity contribution in [3.8, 4) is 0 Å². The molecular weight excluding hydrogens is 406 g/mol. The van der Waals surface area contributed by atoms with Gasteiger partial charge >= 0.3 is 0 Å². The van der Waals surface area contributed by atoms with E-state index in [0.717, 1.165) is 22.2 Å². The predicted octanol–water partition coefficient (Wildman–Crippen LogP) is 4.43. The lowest BCUT2D eigenvalue weighted by atomic mass is 10.0. The predicted molar refractivity (Wildman–Crippen MR) is 100.0 cm³/mol. The molecule has 0 aliphatic heterocycles. The zero-order chi connectivity index (χ0) is 19.4. The molecule has 0 spiro atoms. The van der Waals surface area contributed by atoms with Crippen LogP contribution in [0, 0.1) is 24.5 Å². The van der Waals surface area contributed by atoms with Gasteiger partial charge in [0.15, 0.2) is 0 Å². The third kappa shape index (κ3) is 4.66. The first kappa shape index (κ1) is 20.0. The van der Waals surface area contributed by atoms with Crippen molar-refractivity contribution < 1.29 is 18.4 Å². The van der Waals surface area contributed by atoms with E-state index in [1.54, 1.807) is 26.0 Å². The maximum atomic E-state index is 13.8. The summed E-state index contributed by atoms with van der Waals surface area (Å²) in [6, 6.07) is 7.55. The maximum Gasteiger partial charge on any atom is 0.257 e. The number of aryl methyl sites for hydroxylation is 1. The number of amides is 2. The number of carbonyl (C=O) groups excluding carboxylic acids is 2. The van der Waals surface area contributed by atoms with Crippen molar-refractivity contribution >= 4 is 33.4 Å². The minimum atomic E-state index is -0.978. The molecule has 0 aliphatic rings. The van der Waals surface area contributed by atoms with E-state index in [9.17, 15) is 18.4 Å². The number of carbonyl (C=O) groups is 2. The lowest BCUT2D eigenvalue weighted by Crippen LogP contribution is -2.47. The Morgan fingerprint density at radius 1 is 1.08 bits per heavy atom. The van der Waals surface area contributed by atoms with E-state index in [1.165, 1.54) is 6.07 Å². The highest BCUT2D eigenvalue weighted by molar-refractivity contribution is 9.10. The molecular formula is C19H19BrF2N2O2. The van der Waals surface area contributed by atoms with E-state index < -0.39 is 35.1 Å². The van der Waals surface area contributed by atoms with Gasteiger partial charge in [-0.2, -0.15) is 0 Å². The zero-order valence-electron chi connectivity index (χ0n) is 14.6. The van der Waals surface area contributed by atoms with Gasteiger partial charge in [-0.25, -0.2) is 8.78 Å². The fourth-order valence-electron chi connectivity index (χ4n) is 2.44. The third-order valence-electron chi connectivity index (χ3n) is 3.87. The van der Waals surface area contributed by atoms with Crippen LogP contribution in [0.4, 0.5) is 14.5 Å². The molecule has 7 heteroatoms. The fourth-order valence-corrected chi connectivity index (χ4v) is 2.92. The highest BCUT2D eigenvalue weighted by Crippen LogP contribution is 2.21. The Hall–Kier alpha value is -2.28. The fraction of sp³-hybridized carbons (Fsp3) is 0.263. The largest absolute Gasteiger partial charge is 0.340 e. The summed E-state index contributed by atoms with van der Waals surface area (Å²) in [5, 5.41) is 5.17. The zero-order valence-corrected chi connectivity index (χ0v) is 16.2. The number of hydrogen-bond acceptors (Lipinski definition) is 2. The molecule has 4 nitrogen and oxygen atoms in total. The smallest absolute Gasteiger partial charge is 0.257 e. The molecule has 1 unspecified atom stereocenters. The van der Waals surface area contributed by atoms with Crippen LogP contribution in [0.25, 0.3) is 0 Å². The van der Waals surface area contributed by atoms with Crippen LogP contribution in [0.1, 0.15) is 29.8 Å². The van der Waals surface area contributed by atoms with E-state index in [0.29, 0.717) is 5.69 Å². The molecule has 0 heterocycles. The van der Waals surface area contributed by atoms with Crippen molar-refractivity contribution in [2.45, 2.75) is 26.8 Å². The van der Waals surface area contributed by atoms with Gasteiger partial charge in [-0.1, -0.05) is 35.8 Å². The Labute approximate surface area is 159 Å². The molecule has 0 bridgehead atoms. The van der Waals surface area contributed by atoms with Crippen LogP contribution in [0.15, 0.2) is 40.9 Å². The third-order valence-corrected chi connectivity index (χ3v) is 4.37. The van der Waals surface area contributed by atoms with Crippen LogP contribution in [-0.4, -0.2) is 17.9 Å². The molecule has 2 rings (SSSR count). The van der Waals surface area contributed by atoms with Gasteiger partial charge in [0.2, 0.25) is 5.91 Å². The van der Waals surface area contributed by atoms with Crippen molar-refractivity contribution in [3.05, 3.63) is 63.6 Å². The van der Waals surface area contributed by atoms with Crippen LogP contribution >= 0.6 is 15.9 Å². The van der Waals surface area contributed by atoms with E-state index in [4.69, 9.17) is 0 Å². The standard InChI is InChI=1S/C19H19BrF2N2O2/c1-10(2)17(19(26)23-15-8-7-12(20)9-11(15)3)24-18(25)16-13(21)5-4-6-14(16)22/h4-10,17H,1-3H3,(H,23,26)(H,24,25). The van der Waals surface area contributed by atoms with Gasteiger partial charge < -0.3 is 10.6 Å². The minimum absolute atomic E-state index is 0.287. The van der Waals surface area contributed by atoms with Crippen LogP contribution in [0.3, 0.4) is 0 Å². The lowest BCUT2D eigenvalue weighted by molar-refractivity contribution is -0.118. The second-order valence-electron chi connectivity index (χ2n) is 6.24. The van der Waals surface area contributed by atoms with Gasteiger partial charge in [0.05, 0.1) is 0 Å². The Kier molecular flexibility index (Phi) is 6.47. The highest BCUT2D eigenvalue weighted by Gasteiger charge is 2.27. The number of nitrogens with one attached hydrogen (secondary N) is 2. The maximum absolute atomic E-state index is 13.8. The van der Waals surface area contributed by atoms with E-state index in [-0.39, 0.29) is 5.92 Å². The van der Waals surface area contributed by atoms with E-state index >= 15 is 0 Å². The molecule has 2 N–H and O–H groups in total. The summed E-state index contributed by atoms with van der Waals surface area (Å²) in [5.41, 5.74) is 0.725. The van der Waals surface area contributed by atoms with Crippen molar-refractivity contribution in [2.24, 2.45) is 5.92 Å². The summed E-state index contributed by atoms with van der Waals surface area (Å²) in [4.78, 5) is 24.9. The summed E-state index contributed by atoms with van der Waals surface area (Å²) in [5.74, 6) is -3.68. The molecule has 2 aromatic carbocycles. The summed E-state index contributed by atoms with van der Waals surface area (Å²) >= 11 is 3.35. The van der Waals surface area contributed by atoms with Crippen molar-refractivity contribution in [1.29, 1.82) is 0 Å². The summed E-state index contributed by atoms with van der Waals surface area (Å²) < 4.78 is 28.4. The van der Waals surface area contributed by atoms with Crippen LogP contribution in [-0.2, 0) is 4.79 Å². The van der Waals surface area contributed by atoms with Crippen molar-refractivity contribution in [2.75, 3.05) is 5.32 Å². The van der Waals surface area contributed by atoms with Gasteiger partial charge in [0.25, 0.3) is 5.91 Å². The SMILES string of the molecule is Cc1cc(Br)ccc1NC(=O)C(NC(=O)c1c(F)cccc1F)C(C)C. The first-order chi connectivity index (χ1) is 12.2. The Bertz CT molecular complexity index is 820. The monoisotopic (exact) mass is 424 g/mol. The molecule has 0 aliphatic carbocycles. The van der Waals surface area contributed by atoms with Crippen molar-refractivity contribution in [1.82, 2.24) is 5.32 Å². The molecule has 0 fully saturated rings. The van der Waals surface area contributed by atoms with Crippen molar-refractivity contribution in [3.63, 3.8) is 0 Å². The Balaban J connectivity index is 2.20. The molecule has 1 atom stereocenters. The molecule has 0 saturated carbocycles. The summed E-state index contributed by atoms with van der Waals surface area (Å²) in [6.45, 7) is 5.30. The van der Waals surface area contributed by atoms with E-state index in [1.807, 2.05) is 13.0 Å². The van der Waals surface area contributed by atoms with E-state index in [2.05, 4.69) is 26.6 Å². The normalized spacial score (nSPS) is 12.0. The quantitative estimate of drug-likeness (QED) is 0.745. The second kappa shape index (κ2) is 8.40. The summed E-state index contributed by atoms with van der Waals surface area (Å²) in [7, 11) is 0. The molecule has 0 aromatic heterocycles. The Morgan fingerprint density at radius 2 is 1.69 bits per heavy atom. The van der Waals surface area contributed by atoms with Gasteiger partial charge in [-0.05, 0) is 48.7 Å². The molecule has 2 aromatic rings. The number of anilines is 1. The highest BCUT2D eigenvalue weighted by atomic mass is 79.9. The molecule has 138 valence electrons. The number of hydrogen-bond donors (Lipinski definition) is 2. The number of benzene rings is 2. The molecule has 0 radical (unpaired) electrons. The summed E-state index contributed by atoms with van der Waals surface area (Å²) in [6.07, 6.45) is 0. The second-order valence-corrected chi connectivity index (χ2v) is 7.16. The molecule has 26 heavy (non-hydrogen) atoms. The van der Waals surface area contributed by atoms with Crippen LogP contribution < -0.4 is 10.6 Å². The molecule has 0 saturated heterocycles. The number of halogens is 3. The lowest BCUT2D eigenvalue weighted by Gasteiger charge is -2.22. The van der Waals surface area contributed by atoms with Gasteiger partial charge in [-0.3, -0.25) is 9.59 Å². The van der Waals surface area contributed by atoms with Gasteiger partial charge in [0.1, 0.15) is 23.2 Å². The molecule has 2 amide bonds. The average molecular weight is 425 g/mol. The minimum Gasteiger partial charge on any atom is -0.340 e. The first-order valence-corrected chi connectivity index (χ1v) is 8.82. The van der Waals surface area contributed by atoms with Crippen LogP contribution in [0.5, 0.6) is 0 Å². The topological polar surface area (TPSA) is 58.2 Å². The Morgan fingerprint density at radius 3 is 2.23 bits per heavy atom. The van der Waals surface area contributed by atoms with Gasteiger partial charge in [-0.15, -0.1) is 0 Å².